The predicted molar refractivity (Wildman–Crippen MR) is 75.3 cm³/mol. The van der Waals surface area contributed by atoms with Crippen LogP contribution in [0.15, 0.2) is 42.5 Å². The van der Waals surface area contributed by atoms with Gasteiger partial charge in [0.05, 0.1) is 11.8 Å². The first-order valence-corrected chi connectivity index (χ1v) is 7.90. The van der Waals surface area contributed by atoms with Gasteiger partial charge in [0.2, 0.25) is 10.0 Å². The molecular weight excluding hydrogens is 322 g/mol. The molecule has 2 aromatic carbocycles. The number of anilines is 1. The molecule has 0 atom stereocenters. The number of nitrogens with one attached hydrogen (secondary N) is 1. The van der Waals surface area contributed by atoms with Crippen LogP contribution in [0.2, 0.25) is 0 Å². The molecular formula is C14H11F4NO2S. The van der Waals surface area contributed by atoms with Gasteiger partial charge in [-0.05, 0) is 29.8 Å². The van der Waals surface area contributed by atoms with E-state index < -0.39 is 27.6 Å². The number of hydrogen-bond acceptors (Lipinski definition) is 2. The largest absolute Gasteiger partial charge is 0.416 e. The van der Waals surface area contributed by atoms with Gasteiger partial charge in [0.1, 0.15) is 5.82 Å². The maximum atomic E-state index is 13.8. The Morgan fingerprint density at radius 1 is 1.00 bits per heavy atom. The van der Waals surface area contributed by atoms with Gasteiger partial charge in [0.25, 0.3) is 0 Å². The Morgan fingerprint density at radius 2 is 1.59 bits per heavy atom. The lowest BCUT2D eigenvalue weighted by Crippen LogP contribution is -2.09. The molecule has 0 aliphatic carbocycles. The van der Waals surface area contributed by atoms with Crippen LogP contribution >= 0.6 is 0 Å². The van der Waals surface area contributed by atoms with Gasteiger partial charge in [0, 0.05) is 11.3 Å². The van der Waals surface area contributed by atoms with Gasteiger partial charge in [-0.1, -0.05) is 18.2 Å². The average molecular weight is 333 g/mol. The SMILES string of the molecule is CS(=O)(=O)Nc1ccc(-c2ccc(C(F)(F)F)cc2F)cc1. The fourth-order valence-electron chi connectivity index (χ4n) is 1.86. The van der Waals surface area contributed by atoms with Crippen molar-refractivity contribution in [2.45, 2.75) is 6.18 Å². The van der Waals surface area contributed by atoms with Gasteiger partial charge in [-0.15, -0.1) is 0 Å². The van der Waals surface area contributed by atoms with Crippen molar-refractivity contribution in [1.82, 2.24) is 0 Å². The Kier molecular flexibility index (Phi) is 4.15. The Bertz CT molecular complexity index is 783. The van der Waals surface area contributed by atoms with Crippen LogP contribution in [0, 0.1) is 5.82 Å². The van der Waals surface area contributed by atoms with Gasteiger partial charge in [-0.25, -0.2) is 12.8 Å². The van der Waals surface area contributed by atoms with E-state index in [1.807, 2.05) is 0 Å². The van der Waals surface area contributed by atoms with E-state index in [1.165, 1.54) is 24.3 Å². The summed E-state index contributed by atoms with van der Waals surface area (Å²) in [5.41, 5.74) is -0.452. The molecule has 0 unspecified atom stereocenters. The third kappa shape index (κ3) is 3.97. The molecule has 0 saturated heterocycles. The van der Waals surface area contributed by atoms with Gasteiger partial charge >= 0.3 is 6.18 Å². The number of benzene rings is 2. The maximum absolute atomic E-state index is 13.8. The third-order valence-corrected chi connectivity index (χ3v) is 3.40. The van der Waals surface area contributed by atoms with E-state index >= 15 is 0 Å². The summed E-state index contributed by atoms with van der Waals surface area (Å²) in [7, 11) is -3.43. The van der Waals surface area contributed by atoms with E-state index in [9.17, 15) is 26.0 Å². The summed E-state index contributed by atoms with van der Waals surface area (Å²) in [4.78, 5) is 0. The molecule has 2 rings (SSSR count). The van der Waals surface area contributed by atoms with E-state index in [0.717, 1.165) is 18.4 Å². The second-order valence-electron chi connectivity index (χ2n) is 4.64. The number of rotatable bonds is 3. The minimum atomic E-state index is -4.61. The molecule has 1 N–H and O–H groups in total. The van der Waals surface area contributed by atoms with Crippen molar-refractivity contribution in [3.8, 4) is 11.1 Å². The highest BCUT2D eigenvalue weighted by Crippen LogP contribution is 2.33. The number of hydrogen-bond donors (Lipinski definition) is 1. The highest BCUT2D eigenvalue weighted by molar-refractivity contribution is 7.92. The minimum Gasteiger partial charge on any atom is -0.284 e. The third-order valence-electron chi connectivity index (χ3n) is 2.80. The van der Waals surface area contributed by atoms with E-state index in [1.54, 1.807) is 0 Å². The Morgan fingerprint density at radius 3 is 2.05 bits per heavy atom. The van der Waals surface area contributed by atoms with Gasteiger partial charge in [-0.3, -0.25) is 4.72 Å². The molecule has 0 aliphatic heterocycles. The minimum absolute atomic E-state index is 0.00101. The maximum Gasteiger partial charge on any atom is 0.416 e. The van der Waals surface area contributed by atoms with Crippen LogP contribution in [0.5, 0.6) is 0 Å². The first kappa shape index (κ1) is 16.3. The number of halogens is 4. The second-order valence-corrected chi connectivity index (χ2v) is 6.39. The van der Waals surface area contributed by atoms with E-state index in [0.29, 0.717) is 11.6 Å². The van der Waals surface area contributed by atoms with E-state index in [4.69, 9.17) is 0 Å². The zero-order valence-electron chi connectivity index (χ0n) is 11.3. The van der Waals surface area contributed by atoms with E-state index in [-0.39, 0.29) is 11.3 Å². The fourth-order valence-corrected chi connectivity index (χ4v) is 2.42. The molecule has 0 fully saturated rings. The summed E-state index contributed by atoms with van der Waals surface area (Å²) in [6.45, 7) is 0. The summed E-state index contributed by atoms with van der Waals surface area (Å²) in [5.74, 6) is -1.00. The Labute approximate surface area is 124 Å². The van der Waals surface area contributed by atoms with Crippen molar-refractivity contribution in [3.05, 3.63) is 53.8 Å². The lowest BCUT2D eigenvalue weighted by molar-refractivity contribution is -0.137. The van der Waals surface area contributed by atoms with E-state index in [2.05, 4.69) is 4.72 Å². The molecule has 8 heteroatoms. The van der Waals surface area contributed by atoms with Crippen LogP contribution in [0.1, 0.15) is 5.56 Å². The van der Waals surface area contributed by atoms with Crippen LogP contribution in [-0.2, 0) is 16.2 Å². The summed E-state index contributed by atoms with van der Waals surface area (Å²) in [6.07, 6.45) is -3.63. The molecule has 0 radical (unpaired) electrons. The smallest absolute Gasteiger partial charge is 0.284 e. The molecule has 0 aliphatic rings. The lowest BCUT2D eigenvalue weighted by Gasteiger charge is -2.10. The molecule has 118 valence electrons. The summed E-state index contributed by atoms with van der Waals surface area (Å²) in [6, 6.07) is 7.88. The molecule has 0 amide bonds. The van der Waals surface area contributed by atoms with Gasteiger partial charge in [-0.2, -0.15) is 13.2 Å². The Balaban J connectivity index is 2.33. The second kappa shape index (κ2) is 5.60. The average Bonchev–Trinajstić information content (AvgIpc) is 2.37. The van der Waals surface area contributed by atoms with Crippen LogP contribution in [-0.4, -0.2) is 14.7 Å². The Hall–Kier alpha value is -2.09. The lowest BCUT2D eigenvalue weighted by atomic mass is 10.0. The zero-order valence-corrected chi connectivity index (χ0v) is 12.1. The highest BCUT2D eigenvalue weighted by Gasteiger charge is 2.31. The number of sulfonamides is 1. The molecule has 0 saturated carbocycles. The predicted octanol–water partition coefficient (Wildman–Crippen LogP) is 3.88. The van der Waals surface area contributed by atoms with Crippen LogP contribution in [0.4, 0.5) is 23.2 Å². The van der Waals surface area contributed by atoms with Crippen molar-refractivity contribution in [2.24, 2.45) is 0 Å². The fraction of sp³-hybridized carbons (Fsp3) is 0.143. The molecule has 0 spiro atoms. The summed E-state index contributed by atoms with van der Waals surface area (Å²) >= 11 is 0. The van der Waals surface area contributed by atoms with Crippen molar-refractivity contribution in [1.29, 1.82) is 0 Å². The molecule has 3 nitrogen and oxygen atoms in total. The molecule has 0 heterocycles. The summed E-state index contributed by atoms with van der Waals surface area (Å²) in [5, 5.41) is 0. The van der Waals surface area contributed by atoms with Gasteiger partial charge in [0.15, 0.2) is 0 Å². The van der Waals surface area contributed by atoms with Crippen LogP contribution in [0.3, 0.4) is 0 Å². The molecule has 0 aromatic heterocycles. The molecule has 2 aromatic rings. The van der Waals surface area contributed by atoms with Crippen molar-refractivity contribution in [2.75, 3.05) is 11.0 Å². The molecule has 22 heavy (non-hydrogen) atoms. The normalized spacial score (nSPS) is 12.2. The van der Waals surface area contributed by atoms with Gasteiger partial charge < -0.3 is 0 Å². The highest BCUT2D eigenvalue weighted by atomic mass is 32.2. The van der Waals surface area contributed by atoms with Crippen LogP contribution < -0.4 is 4.72 Å². The van der Waals surface area contributed by atoms with Crippen molar-refractivity contribution < 1.29 is 26.0 Å². The first-order chi connectivity index (χ1) is 10.1. The zero-order chi connectivity index (χ0) is 16.5. The van der Waals surface area contributed by atoms with Crippen molar-refractivity contribution in [3.63, 3.8) is 0 Å². The quantitative estimate of drug-likeness (QED) is 0.867. The topological polar surface area (TPSA) is 46.2 Å². The first-order valence-electron chi connectivity index (χ1n) is 6.01. The number of alkyl halides is 3. The molecule has 0 bridgehead atoms. The standard InChI is InChI=1S/C14H11F4NO2S/c1-22(20,21)19-11-5-2-9(3-6-11)12-7-4-10(8-13(12)15)14(16,17)18/h2-8,19H,1H3. The van der Waals surface area contributed by atoms with Crippen LogP contribution in [0.25, 0.3) is 11.1 Å². The van der Waals surface area contributed by atoms with Crippen molar-refractivity contribution >= 4 is 15.7 Å². The monoisotopic (exact) mass is 333 g/mol. The summed E-state index contributed by atoms with van der Waals surface area (Å²) < 4.78 is 75.6.